The maximum absolute atomic E-state index is 13.0. The summed E-state index contributed by atoms with van der Waals surface area (Å²) in [6.45, 7) is 11.1. The second-order valence-electron chi connectivity index (χ2n) is 11.5. The fourth-order valence-electron chi connectivity index (χ4n) is 6.23. The Kier molecular flexibility index (Phi) is 9.99. The molecule has 0 radical (unpaired) electrons. The van der Waals surface area contributed by atoms with Crippen molar-refractivity contribution in [2.24, 2.45) is 11.8 Å². The summed E-state index contributed by atoms with van der Waals surface area (Å²) in [5.41, 5.74) is 2.90. The summed E-state index contributed by atoms with van der Waals surface area (Å²) in [7, 11) is 0. The molecule has 9 heteroatoms. The lowest BCUT2D eigenvalue weighted by atomic mass is 9.80. The quantitative estimate of drug-likeness (QED) is 0.188. The van der Waals surface area contributed by atoms with Crippen LogP contribution < -0.4 is 0 Å². The van der Waals surface area contributed by atoms with Gasteiger partial charge in [0, 0.05) is 24.3 Å². The third-order valence-corrected chi connectivity index (χ3v) is 9.31. The van der Waals surface area contributed by atoms with Crippen molar-refractivity contribution >= 4 is 34.6 Å². The molecule has 0 N–H and O–H groups in total. The predicted octanol–water partition coefficient (Wildman–Crippen LogP) is 6.63. The first-order valence-electron chi connectivity index (χ1n) is 14.3. The van der Waals surface area contributed by atoms with E-state index in [2.05, 4.69) is 54.9 Å². The minimum atomic E-state index is -0.569. The summed E-state index contributed by atoms with van der Waals surface area (Å²) in [6, 6.07) is 0. The van der Waals surface area contributed by atoms with Crippen molar-refractivity contribution in [3.05, 3.63) is 57.9 Å². The minimum absolute atomic E-state index is 0.00350. The number of carbonyl (C=O) groups excluding carboxylic acids is 1. The van der Waals surface area contributed by atoms with E-state index < -0.39 is 6.29 Å². The SMILES string of the molecule is C=C1C[C@@H]2C[C@@H]3CCO[C@@H](O3)c3coc(n3)/C=C/C[C@H]3O[C@@H](/C(C)=C/I)[C@H](C)[C@@H](OC(=O)/C=C\C[C@@H](C1)O2)[C@H]3C. The van der Waals surface area contributed by atoms with E-state index in [1.54, 1.807) is 12.3 Å². The van der Waals surface area contributed by atoms with Crippen molar-refractivity contribution in [3.8, 4) is 0 Å². The van der Waals surface area contributed by atoms with Gasteiger partial charge in [-0.25, -0.2) is 9.78 Å². The third-order valence-electron chi connectivity index (χ3n) is 8.33. The number of fused-ring (bicyclic) bond motifs is 9. The molecule has 1 aromatic rings. The highest BCUT2D eigenvalue weighted by Gasteiger charge is 2.43. The van der Waals surface area contributed by atoms with Gasteiger partial charge >= 0.3 is 5.97 Å². The number of hydrogen-bond donors (Lipinski definition) is 0. The number of carbonyl (C=O) groups is 1. The molecular formula is C31H40INO7. The number of esters is 1. The molecule has 1 aromatic heterocycles. The van der Waals surface area contributed by atoms with Crippen molar-refractivity contribution < 1.29 is 32.9 Å². The van der Waals surface area contributed by atoms with Crippen molar-refractivity contribution in [1.29, 1.82) is 0 Å². The molecular weight excluding hydrogens is 625 g/mol. The van der Waals surface area contributed by atoms with Crippen LogP contribution in [0.2, 0.25) is 0 Å². The summed E-state index contributed by atoms with van der Waals surface area (Å²) in [6.07, 6.45) is 12.1. The Bertz CT molecular complexity index is 1140. The zero-order valence-electron chi connectivity index (χ0n) is 23.5. The Labute approximate surface area is 250 Å². The van der Waals surface area contributed by atoms with E-state index in [0.29, 0.717) is 31.0 Å². The third kappa shape index (κ3) is 7.15. The van der Waals surface area contributed by atoms with Gasteiger partial charge in [-0.05, 0) is 54.8 Å². The van der Waals surface area contributed by atoms with E-state index in [0.717, 1.165) is 36.8 Å². The Morgan fingerprint density at radius 3 is 2.67 bits per heavy atom. The molecule has 5 heterocycles. The van der Waals surface area contributed by atoms with Crippen molar-refractivity contribution in [2.75, 3.05) is 6.61 Å². The van der Waals surface area contributed by atoms with Crippen LogP contribution in [0.15, 0.2) is 50.7 Å². The molecule has 4 aliphatic heterocycles. The zero-order valence-corrected chi connectivity index (χ0v) is 25.7. The van der Waals surface area contributed by atoms with Gasteiger partial charge in [0.1, 0.15) is 18.1 Å². The topological polar surface area (TPSA) is 89.3 Å². The van der Waals surface area contributed by atoms with Crippen LogP contribution in [-0.2, 0) is 28.5 Å². The molecule has 4 aliphatic rings. The van der Waals surface area contributed by atoms with E-state index >= 15 is 0 Å². The van der Waals surface area contributed by atoms with Crippen LogP contribution in [0.5, 0.6) is 0 Å². The maximum Gasteiger partial charge on any atom is 0.330 e. The average molecular weight is 666 g/mol. The lowest BCUT2D eigenvalue weighted by Crippen LogP contribution is -2.50. The van der Waals surface area contributed by atoms with E-state index in [4.69, 9.17) is 28.1 Å². The number of nitrogens with zero attached hydrogens (tertiary/aromatic N) is 1. The first-order valence-corrected chi connectivity index (χ1v) is 15.6. The Morgan fingerprint density at radius 1 is 1.05 bits per heavy atom. The van der Waals surface area contributed by atoms with E-state index in [1.807, 2.05) is 22.3 Å². The fourth-order valence-corrected chi connectivity index (χ4v) is 6.58. The number of ether oxygens (including phenoxy) is 5. The highest BCUT2D eigenvalue weighted by atomic mass is 127. The molecule has 0 amide bonds. The summed E-state index contributed by atoms with van der Waals surface area (Å²) in [4.78, 5) is 17.6. The van der Waals surface area contributed by atoms with E-state index in [-0.39, 0.29) is 54.4 Å². The van der Waals surface area contributed by atoms with Gasteiger partial charge in [-0.3, -0.25) is 0 Å². The predicted molar refractivity (Wildman–Crippen MR) is 158 cm³/mol. The molecule has 0 saturated carbocycles. The lowest BCUT2D eigenvalue weighted by Gasteiger charge is -2.44. The first-order chi connectivity index (χ1) is 19.3. The number of rotatable bonds is 1. The summed E-state index contributed by atoms with van der Waals surface area (Å²) in [5.74, 6) is 0.159. The van der Waals surface area contributed by atoms with Crippen LogP contribution >= 0.6 is 22.6 Å². The van der Waals surface area contributed by atoms with Gasteiger partial charge in [0.25, 0.3) is 0 Å². The van der Waals surface area contributed by atoms with Crippen molar-refractivity contribution in [1.82, 2.24) is 4.98 Å². The second-order valence-corrected chi connectivity index (χ2v) is 12.1. The molecule has 218 valence electrons. The van der Waals surface area contributed by atoms with Crippen molar-refractivity contribution in [2.45, 2.75) is 102 Å². The molecule has 0 aromatic carbocycles. The first kappa shape index (κ1) is 29.7. The van der Waals surface area contributed by atoms with Gasteiger partial charge in [0.05, 0.1) is 37.1 Å². The molecule has 0 spiro atoms. The largest absolute Gasteiger partial charge is 0.458 e. The fraction of sp³-hybridized carbons (Fsp3) is 0.613. The molecule has 8 nitrogen and oxygen atoms in total. The van der Waals surface area contributed by atoms with Crippen LogP contribution in [0.4, 0.5) is 0 Å². The normalized spacial score (nSPS) is 39.5. The maximum atomic E-state index is 13.0. The zero-order chi connectivity index (χ0) is 28.2. The number of halogens is 1. The number of aromatic nitrogens is 1. The standard InChI is InChI=1S/C31H40INO7/c1-18-13-22-7-5-10-28(34)40-30-20(3)26(39-29(21(30)4)19(2)16-32)8-6-9-27-33-25(17-36-27)31-35-12-11-23(38-31)15-24(14-18)37-22/h5-6,9-10,16-17,20-24,26,29-31H,1,7-8,11-15H2,2-4H3/b9-6+,10-5-,19-16+/t20-,21-,22-,23-,24+,26+,29-,30-,31-/m0/s1. The van der Waals surface area contributed by atoms with Gasteiger partial charge in [0.2, 0.25) is 12.2 Å². The van der Waals surface area contributed by atoms with Crippen LogP contribution in [0.3, 0.4) is 0 Å². The van der Waals surface area contributed by atoms with Gasteiger partial charge in [-0.1, -0.05) is 60.7 Å². The highest BCUT2D eigenvalue weighted by molar-refractivity contribution is 14.1. The Balaban J connectivity index is 1.40. The van der Waals surface area contributed by atoms with Gasteiger partial charge in [-0.2, -0.15) is 0 Å². The molecule has 3 saturated heterocycles. The second kappa shape index (κ2) is 13.5. The van der Waals surface area contributed by atoms with E-state index in [9.17, 15) is 4.79 Å². The smallest absolute Gasteiger partial charge is 0.330 e. The Hall–Kier alpha value is -1.79. The molecule has 5 rings (SSSR count). The van der Waals surface area contributed by atoms with Crippen LogP contribution in [0, 0.1) is 11.8 Å². The monoisotopic (exact) mass is 665 g/mol. The summed E-state index contributed by atoms with van der Waals surface area (Å²) >= 11 is 2.24. The number of oxazole rings is 1. The van der Waals surface area contributed by atoms with Gasteiger partial charge in [0.15, 0.2) is 0 Å². The van der Waals surface area contributed by atoms with E-state index in [1.165, 1.54) is 0 Å². The van der Waals surface area contributed by atoms with Crippen LogP contribution in [-0.4, -0.2) is 54.2 Å². The highest BCUT2D eigenvalue weighted by Crippen LogP contribution is 2.38. The lowest BCUT2D eigenvalue weighted by molar-refractivity contribution is -0.227. The van der Waals surface area contributed by atoms with Gasteiger partial charge < -0.3 is 28.1 Å². The summed E-state index contributed by atoms with van der Waals surface area (Å²) < 4.78 is 38.9. The number of hydrogen-bond acceptors (Lipinski definition) is 8. The Morgan fingerprint density at radius 2 is 1.85 bits per heavy atom. The van der Waals surface area contributed by atoms with Gasteiger partial charge in [-0.15, -0.1) is 0 Å². The summed E-state index contributed by atoms with van der Waals surface area (Å²) in [5, 5.41) is 0. The average Bonchev–Trinajstić information content (AvgIpc) is 3.40. The molecule has 40 heavy (non-hydrogen) atoms. The van der Waals surface area contributed by atoms with Crippen molar-refractivity contribution in [3.63, 3.8) is 0 Å². The molecule has 3 fully saturated rings. The van der Waals surface area contributed by atoms with Crippen LogP contribution in [0.25, 0.3) is 6.08 Å². The molecule has 0 unspecified atom stereocenters. The molecule has 8 bridgehead atoms. The van der Waals surface area contributed by atoms with Crippen LogP contribution in [0.1, 0.15) is 77.2 Å². The molecule has 0 aliphatic carbocycles. The minimum Gasteiger partial charge on any atom is -0.458 e. The molecule has 9 atom stereocenters.